The van der Waals surface area contributed by atoms with Crippen molar-refractivity contribution in [1.82, 2.24) is 10.3 Å². The van der Waals surface area contributed by atoms with E-state index in [9.17, 15) is 0 Å². The Morgan fingerprint density at radius 2 is 2.20 bits per heavy atom. The van der Waals surface area contributed by atoms with Crippen LogP contribution >= 0.6 is 27.3 Å². The Morgan fingerprint density at radius 1 is 1.30 bits per heavy atom. The highest BCUT2D eigenvalue weighted by molar-refractivity contribution is 9.11. The summed E-state index contributed by atoms with van der Waals surface area (Å²) in [4.78, 5) is 4.45. The van der Waals surface area contributed by atoms with Gasteiger partial charge in [-0.15, -0.1) is 11.3 Å². The molecule has 0 bridgehead atoms. The molecule has 2 aromatic heterocycles. The topological polar surface area (TPSA) is 24.9 Å². The highest BCUT2D eigenvalue weighted by atomic mass is 79.9. The Labute approximate surface area is 131 Å². The first-order valence-corrected chi connectivity index (χ1v) is 8.28. The summed E-state index contributed by atoms with van der Waals surface area (Å²) in [6.45, 7) is 3.06. The largest absolute Gasteiger partial charge is 0.306 e. The number of hydrogen-bond donors (Lipinski definition) is 1. The van der Waals surface area contributed by atoms with Crippen LogP contribution in [0.4, 0.5) is 0 Å². The van der Waals surface area contributed by atoms with Crippen molar-refractivity contribution in [3.63, 3.8) is 0 Å². The molecule has 4 heteroatoms. The molecular formula is C16H15BrN2S. The third kappa shape index (κ3) is 2.64. The quantitative estimate of drug-likeness (QED) is 0.736. The van der Waals surface area contributed by atoms with Crippen molar-refractivity contribution in [3.05, 3.63) is 62.9 Å². The van der Waals surface area contributed by atoms with Crippen molar-refractivity contribution >= 4 is 38.2 Å². The zero-order chi connectivity index (χ0) is 13.9. The molecule has 0 aliphatic carbocycles. The lowest BCUT2D eigenvalue weighted by molar-refractivity contribution is 0.636. The number of hydrogen-bond acceptors (Lipinski definition) is 3. The second-order valence-corrected chi connectivity index (χ2v) is 6.88. The summed E-state index contributed by atoms with van der Waals surface area (Å²) in [5.41, 5.74) is 3.62. The van der Waals surface area contributed by atoms with Crippen LogP contribution < -0.4 is 5.32 Å². The van der Waals surface area contributed by atoms with E-state index in [4.69, 9.17) is 0 Å². The lowest BCUT2D eigenvalue weighted by Gasteiger charge is -2.19. The molecular weight excluding hydrogens is 332 g/mol. The molecule has 0 spiro atoms. The first kappa shape index (κ1) is 13.7. The molecule has 0 aliphatic heterocycles. The second-order valence-electron chi connectivity index (χ2n) is 4.59. The predicted molar refractivity (Wildman–Crippen MR) is 89.3 cm³/mol. The van der Waals surface area contributed by atoms with Gasteiger partial charge in [0.25, 0.3) is 0 Å². The molecule has 2 nitrogen and oxygen atoms in total. The summed E-state index contributed by atoms with van der Waals surface area (Å²) < 4.78 is 1.16. The summed E-state index contributed by atoms with van der Waals surface area (Å²) in [6, 6.07) is 12.9. The van der Waals surface area contributed by atoms with E-state index in [1.807, 2.05) is 12.3 Å². The summed E-state index contributed by atoms with van der Waals surface area (Å²) in [6.07, 6.45) is 1.84. The molecule has 0 fully saturated rings. The van der Waals surface area contributed by atoms with E-state index < -0.39 is 0 Å². The average molecular weight is 347 g/mol. The fourth-order valence-electron chi connectivity index (χ4n) is 2.47. The van der Waals surface area contributed by atoms with Crippen molar-refractivity contribution in [2.45, 2.75) is 13.0 Å². The Balaban J connectivity index is 2.14. The maximum atomic E-state index is 4.45. The van der Waals surface area contributed by atoms with Gasteiger partial charge in [-0.3, -0.25) is 4.98 Å². The van der Waals surface area contributed by atoms with Crippen LogP contribution in [0.3, 0.4) is 0 Å². The predicted octanol–water partition coefficient (Wildman–Crippen LogP) is 4.76. The summed E-state index contributed by atoms with van der Waals surface area (Å²) >= 11 is 5.27. The molecule has 102 valence electrons. The van der Waals surface area contributed by atoms with E-state index >= 15 is 0 Å². The van der Waals surface area contributed by atoms with Gasteiger partial charge in [0.15, 0.2) is 0 Å². The maximum Gasteiger partial charge on any atom is 0.0705 e. The van der Waals surface area contributed by atoms with Crippen LogP contribution in [0.2, 0.25) is 0 Å². The van der Waals surface area contributed by atoms with Gasteiger partial charge < -0.3 is 5.32 Å². The van der Waals surface area contributed by atoms with Gasteiger partial charge in [-0.25, -0.2) is 0 Å². The third-order valence-corrected chi connectivity index (χ3v) is 4.84. The van der Waals surface area contributed by atoms with Crippen molar-refractivity contribution in [3.8, 4) is 0 Å². The van der Waals surface area contributed by atoms with E-state index in [2.05, 4.69) is 68.9 Å². The first-order valence-electron chi connectivity index (χ1n) is 6.60. The van der Waals surface area contributed by atoms with Gasteiger partial charge in [-0.2, -0.15) is 0 Å². The molecule has 0 amide bonds. The van der Waals surface area contributed by atoms with Crippen LogP contribution in [0.25, 0.3) is 10.9 Å². The second kappa shape index (κ2) is 6.04. The molecule has 1 unspecified atom stereocenters. The fourth-order valence-corrected chi connectivity index (χ4v) is 3.67. The summed E-state index contributed by atoms with van der Waals surface area (Å²) in [7, 11) is 0. The SMILES string of the molecule is CCNC(c1csc(Br)c1)c1cccc2ncccc12. The van der Waals surface area contributed by atoms with E-state index in [0.717, 1.165) is 15.8 Å². The minimum Gasteiger partial charge on any atom is -0.306 e. The van der Waals surface area contributed by atoms with Crippen molar-refractivity contribution < 1.29 is 0 Å². The molecule has 0 saturated heterocycles. The maximum absolute atomic E-state index is 4.45. The molecule has 1 atom stereocenters. The number of nitrogens with one attached hydrogen (secondary N) is 1. The lowest BCUT2D eigenvalue weighted by Crippen LogP contribution is -2.21. The van der Waals surface area contributed by atoms with Gasteiger partial charge in [0.2, 0.25) is 0 Å². The Hall–Kier alpha value is -1.23. The van der Waals surface area contributed by atoms with E-state index in [1.54, 1.807) is 11.3 Å². The monoisotopic (exact) mass is 346 g/mol. The van der Waals surface area contributed by atoms with Gasteiger partial charge >= 0.3 is 0 Å². The average Bonchev–Trinajstić information content (AvgIpc) is 2.91. The normalized spacial score (nSPS) is 12.7. The van der Waals surface area contributed by atoms with Gasteiger partial charge in [0.1, 0.15) is 0 Å². The minimum absolute atomic E-state index is 0.204. The number of rotatable bonds is 4. The van der Waals surface area contributed by atoms with E-state index in [0.29, 0.717) is 0 Å². The Bertz CT molecular complexity index is 718. The van der Waals surface area contributed by atoms with E-state index in [1.165, 1.54) is 16.5 Å². The van der Waals surface area contributed by atoms with Crippen LogP contribution in [0.5, 0.6) is 0 Å². The number of nitrogens with zero attached hydrogens (tertiary/aromatic N) is 1. The smallest absolute Gasteiger partial charge is 0.0705 e. The molecule has 1 aromatic carbocycles. The molecule has 1 N–H and O–H groups in total. The first-order chi connectivity index (χ1) is 9.79. The Morgan fingerprint density at radius 3 is 2.95 bits per heavy atom. The summed E-state index contributed by atoms with van der Waals surface area (Å²) in [5.74, 6) is 0. The van der Waals surface area contributed by atoms with Gasteiger partial charge in [-0.05, 0) is 57.2 Å². The fraction of sp³-hybridized carbons (Fsp3) is 0.188. The molecule has 0 aliphatic rings. The molecule has 3 rings (SSSR count). The van der Waals surface area contributed by atoms with E-state index in [-0.39, 0.29) is 6.04 Å². The third-order valence-electron chi connectivity index (χ3n) is 3.32. The molecule has 0 saturated carbocycles. The highest BCUT2D eigenvalue weighted by Crippen LogP contribution is 2.32. The van der Waals surface area contributed by atoms with Crippen molar-refractivity contribution in [1.29, 1.82) is 0 Å². The number of aromatic nitrogens is 1. The standard InChI is InChI=1S/C16H15BrN2S/c1-2-18-16(11-9-15(17)20-10-11)13-5-3-7-14-12(13)6-4-8-19-14/h3-10,16,18H,2H2,1H3. The van der Waals surface area contributed by atoms with Gasteiger partial charge in [-0.1, -0.05) is 25.1 Å². The number of fused-ring (bicyclic) bond motifs is 1. The number of thiophene rings is 1. The summed E-state index contributed by atoms with van der Waals surface area (Å²) in [5, 5.41) is 6.99. The van der Waals surface area contributed by atoms with Crippen LogP contribution in [0, 0.1) is 0 Å². The zero-order valence-corrected chi connectivity index (χ0v) is 13.5. The number of halogens is 1. The molecule has 2 heterocycles. The Kier molecular flexibility index (Phi) is 4.15. The minimum atomic E-state index is 0.204. The van der Waals surface area contributed by atoms with Crippen LogP contribution in [-0.2, 0) is 0 Å². The van der Waals surface area contributed by atoms with Crippen LogP contribution in [0.1, 0.15) is 24.1 Å². The highest BCUT2D eigenvalue weighted by Gasteiger charge is 2.17. The van der Waals surface area contributed by atoms with Crippen LogP contribution in [0.15, 0.2) is 51.8 Å². The van der Waals surface area contributed by atoms with Gasteiger partial charge in [0.05, 0.1) is 15.3 Å². The van der Waals surface area contributed by atoms with Crippen LogP contribution in [-0.4, -0.2) is 11.5 Å². The van der Waals surface area contributed by atoms with Gasteiger partial charge in [0, 0.05) is 11.6 Å². The zero-order valence-electron chi connectivity index (χ0n) is 11.1. The lowest BCUT2D eigenvalue weighted by atomic mass is 9.97. The van der Waals surface area contributed by atoms with Crippen molar-refractivity contribution in [2.75, 3.05) is 6.54 Å². The molecule has 20 heavy (non-hydrogen) atoms. The molecule has 3 aromatic rings. The van der Waals surface area contributed by atoms with Crippen molar-refractivity contribution in [2.24, 2.45) is 0 Å². The number of benzene rings is 1. The molecule has 0 radical (unpaired) electrons. The number of pyridine rings is 1.